The zero-order valence-electron chi connectivity index (χ0n) is 17.7. The van der Waals surface area contributed by atoms with Gasteiger partial charge in [-0.1, -0.05) is 0 Å². The van der Waals surface area contributed by atoms with E-state index in [1.54, 1.807) is 41.9 Å². The molecule has 4 N–H and O–H groups in total. The number of primary amides is 1. The fourth-order valence-corrected chi connectivity index (χ4v) is 3.16. The molecule has 8 nitrogen and oxygen atoms in total. The Hall–Kier alpha value is -4.35. The van der Waals surface area contributed by atoms with E-state index in [4.69, 9.17) is 10.5 Å². The highest BCUT2D eigenvalue weighted by Gasteiger charge is 2.31. The van der Waals surface area contributed by atoms with E-state index in [1.165, 1.54) is 6.20 Å². The molecule has 0 aliphatic heterocycles. The summed E-state index contributed by atoms with van der Waals surface area (Å²) in [5.41, 5.74) is 4.89. The molecule has 0 fully saturated rings. The van der Waals surface area contributed by atoms with Crippen LogP contribution < -0.4 is 21.1 Å². The normalized spacial score (nSPS) is 11.4. The van der Waals surface area contributed by atoms with E-state index < -0.39 is 23.5 Å². The van der Waals surface area contributed by atoms with Crippen molar-refractivity contribution >= 4 is 34.4 Å². The van der Waals surface area contributed by atoms with Crippen LogP contribution in [0.4, 0.5) is 35.0 Å². The number of nitrogens with one attached hydrogen (secondary N) is 2. The summed E-state index contributed by atoms with van der Waals surface area (Å²) in [5.74, 6) is 0.0128. The van der Waals surface area contributed by atoms with Gasteiger partial charge in [0, 0.05) is 25.4 Å². The van der Waals surface area contributed by atoms with Crippen molar-refractivity contribution in [1.29, 1.82) is 0 Å². The number of aromatic nitrogens is 3. The lowest BCUT2D eigenvalue weighted by atomic mass is 10.2. The van der Waals surface area contributed by atoms with Gasteiger partial charge in [-0.2, -0.15) is 13.2 Å². The summed E-state index contributed by atoms with van der Waals surface area (Å²) in [7, 11) is 1.64. The third-order valence-corrected chi connectivity index (χ3v) is 4.80. The summed E-state index contributed by atoms with van der Waals surface area (Å²) in [6.07, 6.45) is -3.12. The number of imidazole rings is 1. The van der Waals surface area contributed by atoms with E-state index in [9.17, 15) is 22.4 Å². The lowest BCUT2D eigenvalue weighted by Crippen LogP contribution is -2.22. The number of hydrogen-bond acceptors (Lipinski definition) is 6. The van der Waals surface area contributed by atoms with Crippen LogP contribution in [0.25, 0.3) is 11.0 Å². The van der Waals surface area contributed by atoms with Gasteiger partial charge in [0.15, 0.2) is 0 Å². The molecule has 0 radical (unpaired) electrons. The first-order valence-corrected chi connectivity index (χ1v) is 9.86. The van der Waals surface area contributed by atoms with Gasteiger partial charge in [-0.05, 0) is 36.4 Å². The van der Waals surface area contributed by atoms with E-state index in [-0.39, 0.29) is 18.2 Å². The molecular formula is C22H18F4N6O2. The van der Waals surface area contributed by atoms with Crippen LogP contribution in [0.2, 0.25) is 0 Å². The maximum absolute atomic E-state index is 14.1. The Labute approximate surface area is 190 Å². The fourth-order valence-electron chi connectivity index (χ4n) is 3.16. The molecule has 2 aromatic carbocycles. The van der Waals surface area contributed by atoms with Crippen molar-refractivity contribution in [1.82, 2.24) is 14.5 Å². The number of anilines is 3. The Kier molecular flexibility index (Phi) is 5.97. The molecule has 0 bridgehead atoms. The van der Waals surface area contributed by atoms with Crippen LogP contribution in [0, 0.1) is 5.82 Å². The van der Waals surface area contributed by atoms with Crippen molar-refractivity contribution in [2.24, 2.45) is 12.8 Å². The van der Waals surface area contributed by atoms with Crippen LogP contribution in [-0.2, 0) is 18.0 Å². The average Bonchev–Trinajstić information content (AvgIpc) is 3.08. The quantitative estimate of drug-likeness (QED) is 0.339. The second-order valence-corrected chi connectivity index (χ2v) is 7.26. The van der Waals surface area contributed by atoms with Gasteiger partial charge in [-0.3, -0.25) is 4.79 Å². The number of carbonyl (C=O) groups is 1. The summed E-state index contributed by atoms with van der Waals surface area (Å²) in [4.78, 5) is 19.3. The molecule has 0 unspecified atom stereocenters. The molecule has 2 heterocycles. The predicted molar refractivity (Wildman–Crippen MR) is 117 cm³/mol. The SMILES string of the molecule is Cn1c(Nc2cc(C(F)(F)F)ccc2F)nc2cc(Oc3ccnc(NCC(N)=O)c3)ccc21. The highest BCUT2D eigenvalue weighted by atomic mass is 19.4. The Balaban J connectivity index is 1.58. The summed E-state index contributed by atoms with van der Waals surface area (Å²) < 4.78 is 60.5. The molecule has 176 valence electrons. The number of amides is 1. The first-order valence-electron chi connectivity index (χ1n) is 9.86. The summed E-state index contributed by atoms with van der Waals surface area (Å²) in [5, 5.41) is 5.38. The first-order chi connectivity index (χ1) is 16.1. The maximum Gasteiger partial charge on any atom is 0.416 e. The number of hydrogen-bond donors (Lipinski definition) is 3. The van der Waals surface area contributed by atoms with E-state index >= 15 is 0 Å². The molecule has 4 rings (SSSR count). The molecule has 1 amide bonds. The number of aryl methyl sites for hydroxylation is 1. The van der Waals surface area contributed by atoms with Crippen molar-refractivity contribution in [3.05, 3.63) is 66.1 Å². The average molecular weight is 474 g/mol. The van der Waals surface area contributed by atoms with E-state index in [0.29, 0.717) is 40.5 Å². The lowest BCUT2D eigenvalue weighted by molar-refractivity contribution is -0.137. The number of benzene rings is 2. The van der Waals surface area contributed by atoms with Gasteiger partial charge < -0.3 is 25.7 Å². The molecule has 0 aliphatic rings. The van der Waals surface area contributed by atoms with Crippen molar-refractivity contribution < 1.29 is 27.1 Å². The topological polar surface area (TPSA) is 107 Å². The van der Waals surface area contributed by atoms with Gasteiger partial charge in [-0.15, -0.1) is 0 Å². The standard InChI is InChI=1S/C22H18F4N6O2/c1-32-18-5-3-13(34-14-6-7-28-20(10-14)29-11-19(27)33)9-17(18)31-21(32)30-16-8-12(22(24,25)26)2-4-15(16)23/h2-10H,11H2,1H3,(H2,27,33)(H,28,29)(H,30,31). The highest BCUT2D eigenvalue weighted by Crippen LogP contribution is 2.33. The number of ether oxygens (including phenoxy) is 1. The minimum Gasteiger partial charge on any atom is -0.457 e. The summed E-state index contributed by atoms with van der Waals surface area (Å²) in [6.45, 7) is -0.0847. The van der Waals surface area contributed by atoms with E-state index in [1.807, 2.05) is 0 Å². The second-order valence-electron chi connectivity index (χ2n) is 7.26. The van der Waals surface area contributed by atoms with Crippen LogP contribution in [0.1, 0.15) is 5.56 Å². The third kappa shape index (κ3) is 5.00. The Bertz CT molecular complexity index is 1370. The van der Waals surface area contributed by atoms with Crippen LogP contribution >= 0.6 is 0 Å². The predicted octanol–water partition coefficient (Wildman–Crippen LogP) is 4.56. The van der Waals surface area contributed by atoms with Crippen molar-refractivity contribution in [2.45, 2.75) is 6.18 Å². The van der Waals surface area contributed by atoms with Crippen LogP contribution in [0.3, 0.4) is 0 Å². The number of fused-ring (bicyclic) bond motifs is 1. The molecule has 12 heteroatoms. The van der Waals surface area contributed by atoms with Crippen LogP contribution in [0.5, 0.6) is 11.5 Å². The van der Waals surface area contributed by atoms with Crippen molar-refractivity contribution in [2.75, 3.05) is 17.2 Å². The summed E-state index contributed by atoms with van der Waals surface area (Å²) >= 11 is 0. The number of nitrogens with zero attached hydrogens (tertiary/aromatic N) is 3. The Morgan fingerprint density at radius 2 is 1.88 bits per heavy atom. The molecule has 0 atom stereocenters. The van der Waals surface area contributed by atoms with Gasteiger partial charge in [0.1, 0.15) is 23.1 Å². The monoisotopic (exact) mass is 474 g/mol. The van der Waals surface area contributed by atoms with Crippen LogP contribution in [-0.4, -0.2) is 27.0 Å². The van der Waals surface area contributed by atoms with E-state index in [0.717, 1.165) is 6.07 Å². The number of alkyl halides is 3. The molecule has 34 heavy (non-hydrogen) atoms. The number of nitrogens with two attached hydrogens (primary N) is 1. The zero-order chi connectivity index (χ0) is 24.5. The molecule has 2 aromatic heterocycles. The third-order valence-electron chi connectivity index (χ3n) is 4.80. The maximum atomic E-state index is 14.1. The van der Waals surface area contributed by atoms with Gasteiger partial charge in [0.05, 0.1) is 28.8 Å². The van der Waals surface area contributed by atoms with Gasteiger partial charge >= 0.3 is 6.18 Å². The van der Waals surface area contributed by atoms with Gasteiger partial charge in [0.2, 0.25) is 11.9 Å². The molecular weight excluding hydrogens is 456 g/mol. The number of halogens is 4. The molecule has 4 aromatic rings. The second kappa shape index (κ2) is 8.89. The molecule has 0 aliphatic carbocycles. The van der Waals surface area contributed by atoms with Crippen LogP contribution in [0.15, 0.2) is 54.7 Å². The zero-order valence-corrected chi connectivity index (χ0v) is 17.7. The summed E-state index contributed by atoms with van der Waals surface area (Å²) in [6, 6.07) is 10.3. The van der Waals surface area contributed by atoms with E-state index in [2.05, 4.69) is 20.6 Å². The smallest absolute Gasteiger partial charge is 0.416 e. The molecule has 0 saturated carbocycles. The molecule has 0 spiro atoms. The molecule has 0 saturated heterocycles. The Morgan fingerprint density at radius 3 is 2.62 bits per heavy atom. The Morgan fingerprint density at radius 1 is 1.12 bits per heavy atom. The highest BCUT2D eigenvalue weighted by molar-refractivity contribution is 5.81. The fraction of sp³-hybridized carbons (Fsp3) is 0.136. The largest absolute Gasteiger partial charge is 0.457 e. The van der Waals surface area contributed by atoms with Gasteiger partial charge in [0.25, 0.3) is 0 Å². The van der Waals surface area contributed by atoms with Crippen molar-refractivity contribution in [3.8, 4) is 11.5 Å². The lowest BCUT2D eigenvalue weighted by Gasteiger charge is -2.11. The number of pyridine rings is 1. The minimum atomic E-state index is -4.61. The number of rotatable bonds is 7. The van der Waals surface area contributed by atoms with Crippen molar-refractivity contribution in [3.63, 3.8) is 0 Å². The minimum absolute atomic E-state index is 0.0847. The first kappa shape index (κ1) is 22.8. The van der Waals surface area contributed by atoms with Gasteiger partial charge in [-0.25, -0.2) is 14.4 Å². The number of carbonyl (C=O) groups excluding carboxylic acids is 1.